The molecule has 0 aromatic carbocycles. The summed E-state index contributed by atoms with van der Waals surface area (Å²) in [6.07, 6.45) is 9.84. The van der Waals surface area contributed by atoms with Gasteiger partial charge in [-0.2, -0.15) is 11.8 Å². The Hall–Kier alpha value is -1.49. The molecular weight excluding hydrogens is 304 g/mol. The average Bonchev–Trinajstić information content (AvgIpc) is 3.31. The smallest absolute Gasteiger partial charge is 0.125 e. The van der Waals surface area contributed by atoms with Crippen molar-refractivity contribution in [3.05, 3.63) is 36.5 Å². The summed E-state index contributed by atoms with van der Waals surface area (Å²) in [5.41, 5.74) is 2.10. The normalized spacial score (nSPS) is 14.2. The maximum absolute atomic E-state index is 4.75. The summed E-state index contributed by atoms with van der Waals surface area (Å²) in [6, 6.07) is 4.04. The molecule has 1 fully saturated rings. The van der Waals surface area contributed by atoms with Crippen LogP contribution in [0.5, 0.6) is 0 Å². The van der Waals surface area contributed by atoms with E-state index in [1.807, 2.05) is 24.0 Å². The maximum Gasteiger partial charge on any atom is 0.125 e. The van der Waals surface area contributed by atoms with E-state index in [1.165, 1.54) is 30.8 Å². The molecule has 2 aromatic heterocycles. The molecule has 3 rings (SSSR count). The highest BCUT2D eigenvalue weighted by Gasteiger charge is 2.25. The zero-order valence-corrected chi connectivity index (χ0v) is 14.9. The van der Waals surface area contributed by atoms with Gasteiger partial charge >= 0.3 is 0 Å². The van der Waals surface area contributed by atoms with Crippen molar-refractivity contribution in [2.75, 3.05) is 29.6 Å². The first-order valence-electron chi connectivity index (χ1n) is 8.57. The van der Waals surface area contributed by atoms with Crippen LogP contribution in [-0.2, 0) is 0 Å². The molecule has 4 nitrogen and oxygen atoms in total. The van der Waals surface area contributed by atoms with Crippen LogP contribution in [-0.4, -0.2) is 39.2 Å². The lowest BCUT2D eigenvalue weighted by Crippen LogP contribution is -2.38. The molecule has 0 spiro atoms. The molecule has 5 heteroatoms. The molecule has 0 atom stereocenters. The van der Waals surface area contributed by atoms with Crippen LogP contribution < -0.4 is 5.01 Å². The third kappa shape index (κ3) is 4.50. The van der Waals surface area contributed by atoms with E-state index >= 15 is 0 Å². The third-order valence-corrected chi connectivity index (χ3v) is 5.18. The molecule has 2 heterocycles. The largest absolute Gasteiger partial charge is 0.311 e. The maximum atomic E-state index is 4.75. The van der Waals surface area contributed by atoms with Crippen LogP contribution in [0, 0.1) is 12.8 Å². The van der Waals surface area contributed by atoms with Crippen molar-refractivity contribution in [3.8, 4) is 11.3 Å². The molecular formula is C18H26N4S. The quantitative estimate of drug-likeness (QED) is 0.656. The van der Waals surface area contributed by atoms with Gasteiger partial charge in [-0.1, -0.05) is 6.92 Å². The van der Waals surface area contributed by atoms with Crippen LogP contribution in [0.4, 0.5) is 0 Å². The van der Waals surface area contributed by atoms with E-state index in [-0.39, 0.29) is 0 Å². The van der Waals surface area contributed by atoms with E-state index in [9.17, 15) is 0 Å². The van der Waals surface area contributed by atoms with Crippen molar-refractivity contribution < 1.29 is 0 Å². The molecule has 0 amide bonds. The topological polar surface area (TPSA) is 34.0 Å². The van der Waals surface area contributed by atoms with E-state index in [1.54, 1.807) is 6.20 Å². The lowest BCUT2D eigenvalue weighted by atomic mass is 10.2. The number of aromatic nitrogens is 3. The number of aryl methyl sites for hydroxylation is 1. The van der Waals surface area contributed by atoms with Crippen molar-refractivity contribution in [2.24, 2.45) is 5.92 Å². The first-order valence-corrected chi connectivity index (χ1v) is 9.72. The SMILES string of the molecule is CCSCCCN(CC1CC1)n1cc(-c2cccnc2)nc1C. The van der Waals surface area contributed by atoms with E-state index in [2.05, 4.69) is 40.8 Å². The predicted molar refractivity (Wildman–Crippen MR) is 98.5 cm³/mol. The molecule has 1 saturated carbocycles. The minimum Gasteiger partial charge on any atom is -0.311 e. The molecule has 0 N–H and O–H groups in total. The summed E-state index contributed by atoms with van der Waals surface area (Å²) < 4.78 is 2.26. The van der Waals surface area contributed by atoms with Gasteiger partial charge in [0, 0.05) is 31.0 Å². The van der Waals surface area contributed by atoms with Gasteiger partial charge in [0.2, 0.25) is 0 Å². The number of pyridine rings is 1. The number of hydrogen-bond acceptors (Lipinski definition) is 4. The highest BCUT2D eigenvalue weighted by Crippen LogP contribution is 2.30. The lowest BCUT2D eigenvalue weighted by Gasteiger charge is -2.26. The summed E-state index contributed by atoms with van der Waals surface area (Å²) >= 11 is 2.03. The van der Waals surface area contributed by atoms with Gasteiger partial charge in [0.15, 0.2) is 0 Å². The minimum atomic E-state index is 0.873. The van der Waals surface area contributed by atoms with Crippen molar-refractivity contribution in [1.29, 1.82) is 0 Å². The Balaban J connectivity index is 1.73. The summed E-state index contributed by atoms with van der Waals surface area (Å²) in [6.45, 7) is 6.58. The van der Waals surface area contributed by atoms with E-state index in [0.29, 0.717) is 0 Å². The molecule has 0 saturated heterocycles. The summed E-state index contributed by atoms with van der Waals surface area (Å²) in [5.74, 6) is 4.38. The minimum absolute atomic E-state index is 0.873. The Morgan fingerprint density at radius 3 is 2.96 bits per heavy atom. The van der Waals surface area contributed by atoms with Gasteiger partial charge < -0.3 is 5.01 Å². The highest BCUT2D eigenvalue weighted by molar-refractivity contribution is 7.99. The van der Waals surface area contributed by atoms with Gasteiger partial charge in [0.1, 0.15) is 5.82 Å². The molecule has 0 bridgehead atoms. The van der Waals surface area contributed by atoms with E-state index in [0.717, 1.165) is 36.1 Å². The molecule has 23 heavy (non-hydrogen) atoms. The van der Waals surface area contributed by atoms with Crippen LogP contribution >= 0.6 is 11.8 Å². The van der Waals surface area contributed by atoms with Crippen molar-refractivity contribution in [1.82, 2.24) is 14.6 Å². The number of hydrogen-bond donors (Lipinski definition) is 0. The van der Waals surface area contributed by atoms with Gasteiger partial charge in [0.25, 0.3) is 0 Å². The molecule has 1 aliphatic carbocycles. The second kappa shape index (κ2) is 7.86. The van der Waals surface area contributed by atoms with Crippen molar-refractivity contribution in [2.45, 2.75) is 33.1 Å². The fraction of sp³-hybridized carbons (Fsp3) is 0.556. The predicted octanol–water partition coefficient (Wildman–Crippen LogP) is 3.74. The summed E-state index contributed by atoms with van der Waals surface area (Å²) in [5, 5.41) is 2.48. The molecule has 0 aliphatic heterocycles. The van der Waals surface area contributed by atoms with Gasteiger partial charge in [-0.3, -0.25) is 4.98 Å². The van der Waals surface area contributed by atoms with Gasteiger partial charge in [-0.25, -0.2) is 9.66 Å². The number of imidazole rings is 1. The van der Waals surface area contributed by atoms with Crippen LogP contribution in [0.2, 0.25) is 0 Å². The zero-order chi connectivity index (χ0) is 16.1. The number of thioether (sulfide) groups is 1. The summed E-state index contributed by atoms with van der Waals surface area (Å²) in [7, 11) is 0. The molecule has 124 valence electrons. The molecule has 0 unspecified atom stereocenters. The fourth-order valence-electron chi connectivity index (χ4n) is 2.78. The Morgan fingerprint density at radius 2 is 2.26 bits per heavy atom. The lowest BCUT2D eigenvalue weighted by molar-refractivity contribution is 0.541. The van der Waals surface area contributed by atoms with Crippen LogP contribution in [0.1, 0.15) is 32.0 Å². The van der Waals surface area contributed by atoms with Crippen LogP contribution in [0.15, 0.2) is 30.7 Å². The Bertz CT molecular complexity index is 607. The fourth-order valence-corrected chi connectivity index (χ4v) is 3.40. The second-order valence-electron chi connectivity index (χ2n) is 6.17. The van der Waals surface area contributed by atoms with Crippen molar-refractivity contribution in [3.63, 3.8) is 0 Å². The first kappa shape index (κ1) is 16.4. The van der Waals surface area contributed by atoms with Gasteiger partial charge in [-0.05, 0) is 55.7 Å². The van der Waals surface area contributed by atoms with Gasteiger partial charge in [-0.15, -0.1) is 0 Å². The highest BCUT2D eigenvalue weighted by atomic mass is 32.2. The zero-order valence-electron chi connectivity index (χ0n) is 14.1. The Morgan fingerprint density at radius 1 is 1.39 bits per heavy atom. The third-order valence-electron chi connectivity index (χ3n) is 4.20. The Kier molecular flexibility index (Phi) is 5.60. The molecule has 0 radical (unpaired) electrons. The van der Waals surface area contributed by atoms with Crippen LogP contribution in [0.3, 0.4) is 0 Å². The van der Waals surface area contributed by atoms with Crippen LogP contribution in [0.25, 0.3) is 11.3 Å². The monoisotopic (exact) mass is 330 g/mol. The van der Waals surface area contributed by atoms with Gasteiger partial charge in [0.05, 0.1) is 11.9 Å². The Labute approximate surface area is 143 Å². The number of nitrogens with zero attached hydrogens (tertiary/aromatic N) is 4. The average molecular weight is 331 g/mol. The first-order chi connectivity index (χ1) is 11.3. The van der Waals surface area contributed by atoms with E-state index < -0.39 is 0 Å². The molecule has 1 aliphatic rings. The van der Waals surface area contributed by atoms with E-state index in [4.69, 9.17) is 4.98 Å². The summed E-state index contributed by atoms with van der Waals surface area (Å²) in [4.78, 5) is 8.96. The van der Waals surface area contributed by atoms with Crippen molar-refractivity contribution >= 4 is 11.8 Å². The standard InChI is InChI=1S/C18H26N4S/c1-3-23-11-5-10-21(13-16-7-8-16)22-14-18(20-15(22)2)17-6-4-9-19-12-17/h4,6,9,12,14,16H,3,5,7-8,10-11,13H2,1-2H3. The molecule has 2 aromatic rings. The number of rotatable bonds is 9. The second-order valence-corrected chi connectivity index (χ2v) is 7.56.